The number of β-lactam (4-membered cyclic amide) rings is 1. The van der Waals surface area contributed by atoms with Crippen LogP contribution in [0.15, 0.2) is 69.6 Å². The van der Waals surface area contributed by atoms with Gasteiger partial charge in [0.05, 0.1) is 6.26 Å². The van der Waals surface area contributed by atoms with Crippen molar-refractivity contribution in [1.29, 1.82) is 0 Å². The lowest BCUT2D eigenvalue weighted by atomic mass is 10.0. The van der Waals surface area contributed by atoms with E-state index in [1.54, 1.807) is 36.4 Å². The third-order valence-corrected chi connectivity index (χ3v) is 6.54. The van der Waals surface area contributed by atoms with Crippen LogP contribution in [0, 0.1) is 0 Å². The van der Waals surface area contributed by atoms with Gasteiger partial charge in [-0.25, -0.2) is 9.59 Å². The largest absolute Gasteiger partial charge is 0.482 e. The first-order chi connectivity index (χ1) is 17.4. The Labute approximate surface area is 208 Å². The summed E-state index contributed by atoms with van der Waals surface area (Å²) in [7, 11) is 1.26. The molecule has 2 atom stereocenters. The molecule has 0 radical (unpaired) electrons. The van der Waals surface area contributed by atoms with Gasteiger partial charge in [0.1, 0.15) is 36.6 Å². The first-order valence-electron chi connectivity index (χ1n) is 10.6. The molecule has 2 aromatic rings. The maximum Gasteiger partial charge on any atom is 0.352 e. The number of carboxylic acids is 1. The maximum absolute atomic E-state index is 12.8. The molecule has 2 amide bonds. The lowest BCUT2D eigenvalue weighted by Crippen LogP contribution is -2.71. The summed E-state index contributed by atoms with van der Waals surface area (Å²) in [5, 5.41) is 15.3. The van der Waals surface area contributed by atoms with Crippen molar-refractivity contribution in [2.24, 2.45) is 5.16 Å². The standard InChI is InChI=1S/C23H21N3O9S/c1-32-25-17(15-8-5-9-33-15)20(28)24-18-21(29)26-19(23(30)31)13(12-36-22(18)26)10-35-16(27)11-34-14-6-3-2-4-7-14/h2-9,18,22H,10-12H2,1H3,(H,24,28)(H,30,31)/b25-17-/t18-,22-/m1/s1. The number of esters is 1. The van der Waals surface area contributed by atoms with Gasteiger partial charge in [-0.05, 0) is 24.3 Å². The summed E-state index contributed by atoms with van der Waals surface area (Å²) in [6.07, 6.45) is 1.35. The lowest BCUT2D eigenvalue weighted by molar-refractivity contribution is -0.150. The number of furan rings is 1. The molecular formula is C23H21N3O9S. The molecule has 2 aliphatic rings. The van der Waals surface area contributed by atoms with Crippen molar-refractivity contribution >= 4 is 41.2 Å². The number of nitrogens with one attached hydrogen (secondary N) is 1. The Morgan fingerprint density at radius 1 is 1.22 bits per heavy atom. The summed E-state index contributed by atoms with van der Waals surface area (Å²) in [5.74, 6) is -2.57. The Kier molecular flexibility index (Phi) is 7.59. The average Bonchev–Trinajstić information content (AvgIpc) is 3.42. The molecule has 0 spiro atoms. The number of hydrogen-bond donors (Lipinski definition) is 2. The molecule has 12 nitrogen and oxygen atoms in total. The lowest BCUT2D eigenvalue weighted by Gasteiger charge is -2.49. The van der Waals surface area contributed by atoms with Gasteiger partial charge in [0.15, 0.2) is 12.4 Å². The second kappa shape index (κ2) is 11.0. The fourth-order valence-electron chi connectivity index (χ4n) is 3.58. The molecule has 0 bridgehead atoms. The van der Waals surface area contributed by atoms with E-state index in [0.29, 0.717) is 5.75 Å². The highest BCUT2D eigenvalue weighted by atomic mass is 32.2. The zero-order valence-corrected chi connectivity index (χ0v) is 19.7. The highest BCUT2D eigenvalue weighted by Gasteiger charge is 2.54. The van der Waals surface area contributed by atoms with Crippen LogP contribution in [0.2, 0.25) is 0 Å². The van der Waals surface area contributed by atoms with Crippen LogP contribution in [0.5, 0.6) is 5.75 Å². The summed E-state index contributed by atoms with van der Waals surface area (Å²) in [6.45, 7) is -0.671. The van der Waals surface area contributed by atoms with E-state index >= 15 is 0 Å². The van der Waals surface area contributed by atoms with E-state index < -0.39 is 35.2 Å². The molecule has 3 heterocycles. The van der Waals surface area contributed by atoms with Gasteiger partial charge in [-0.15, -0.1) is 11.8 Å². The monoisotopic (exact) mass is 515 g/mol. The molecule has 4 rings (SSSR count). The fraction of sp³-hybridized carbons (Fsp3) is 0.261. The molecule has 0 unspecified atom stereocenters. The second-order valence-corrected chi connectivity index (χ2v) is 8.59. The number of nitrogens with zero attached hydrogens (tertiary/aromatic N) is 2. The van der Waals surface area contributed by atoms with Crippen molar-refractivity contribution in [1.82, 2.24) is 10.2 Å². The van der Waals surface area contributed by atoms with E-state index in [9.17, 15) is 24.3 Å². The minimum absolute atomic E-state index is 0.140. The Morgan fingerprint density at radius 2 is 2.00 bits per heavy atom. The van der Waals surface area contributed by atoms with Crippen molar-refractivity contribution < 1.29 is 43.0 Å². The van der Waals surface area contributed by atoms with Gasteiger partial charge in [0, 0.05) is 11.3 Å². The number of ether oxygens (including phenoxy) is 2. The highest BCUT2D eigenvalue weighted by Crippen LogP contribution is 2.40. The highest BCUT2D eigenvalue weighted by molar-refractivity contribution is 8.00. The number of oxime groups is 1. The van der Waals surface area contributed by atoms with E-state index in [1.807, 2.05) is 0 Å². The SMILES string of the molecule is CO/N=C(\C(=O)N[C@@H]1C(=O)N2C(C(=O)O)=C(COC(=O)COc3ccccc3)CS[C@H]12)c1ccco1. The van der Waals surface area contributed by atoms with Gasteiger partial charge in [-0.3, -0.25) is 14.5 Å². The van der Waals surface area contributed by atoms with Gasteiger partial charge in [-0.1, -0.05) is 23.4 Å². The van der Waals surface area contributed by atoms with Crippen molar-refractivity contribution in [2.45, 2.75) is 11.4 Å². The first-order valence-corrected chi connectivity index (χ1v) is 11.6. The van der Waals surface area contributed by atoms with Crippen molar-refractivity contribution in [3.8, 4) is 5.75 Å². The second-order valence-electron chi connectivity index (χ2n) is 7.48. The van der Waals surface area contributed by atoms with Crippen LogP contribution in [-0.2, 0) is 28.8 Å². The molecule has 1 fully saturated rings. The molecule has 2 aliphatic heterocycles. The summed E-state index contributed by atoms with van der Waals surface area (Å²) < 4.78 is 15.7. The molecule has 36 heavy (non-hydrogen) atoms. The Hall–Kier alpha value is -4.26. The predicted octanol–water partition coefficient (Wildman–Crippen LogP) is 0.991. The van der Waals surface area contributed by atoms with E-state index in [2.05, 4.69) is 10.5 Å². The van der Waals surface area contributed by atoms with Crippen LogP contribution in [0.3, 0.4) is 0 Å². The third kappa shape index (κ3) is 5.20. The molecule has 1 saturated heterocycles. The number of carbonyl (C=O) groups is 4. The molecular weight excluding hydrogens is 494 g/mol. The quantitative estimate of drug-likeness (QED) is 0.202. The van der Waals surface area contributed by atoms with Crippen LogP contribution in [0.4, 0.5) is 0 Å². The number of fused-ring (bicyclic) bond motifs is 1. The van der Waals surface area contributed by atoms with E-state index in [1.165, 1.54) is 31.2 Å². The zero-order chi connectivity index (χ0) is 25.7. The van der Waals surface area contributed by atoms with E-state index in [-0.39, 0.29) is 41.7 Å². The van der Waals surface area contributed by atoms with Crippen molar-refractivity contribution in [3.05, 3.63) is 65.8 Å². The number of carbonyl (C=O) groups excluding carboxylic acids is 3. The summed E-state index contributed by atoms with van der Waals surface area (Å²) in [4.78, 5) is 55.4. The fourth-order valence-corrected chi connectivity index (χ4v) is 4.90. The summed E-state index contributed by atoms with van der Waals surface area (Å²) in [5.41, 5.74) is -0.191. The van der Waals surface area contributed by atoms with Gasteiger partial charge >= 0.3 is 11.9 Å². The Bertz CT molecular complexity index is 1210. The first kappa shape index (κ1) is 24.9. The number of carboxylic acid groups (broad SMARTS) is 1. The molecule has 188 valence electrons. The summed E-state index contributed by atoms with van der Waals surface area (Å²) in [6, 6.07) is 10.7. The van der Waals surface area contributed by atoms with Crippen LogP contribution in [0.25, 0.3) is 0 Å². The normalized spacial score (nSPS) is 19.2. The van der Waals surface area contributed by atoms with Crippen LogP contribution >= 0.6 is 11.8 Å². The maximum atomic E-state index is 12.8. The van der Waals surface area contributed by atoms with Crippen LogP contribution in [-0.4, -0.2) is 77.0 Å². The minimum atomic E-state index is -1.35. The van der Waals surface area contributed by atoms with E-state index in [0.717, 1.165) is 4.90 Å². The number of hydrogen-bond acceptors (Lipinski definition) is 10. The topological polar surface area (TPSA) is 157 Å². The van der Waals surface area contributed by atoms with Crippen LogP contribution < -0.4 is 10.1 Å². The number of rotatable bonds is 10. The van der Waals surface area contributed by atoms with Crippen molar-refractivity contribution in [3.63, 3.8) is 0 Å². The van der Waals surface area contributed by atoms with Gasteiger partial charge < -0.3 is 29.2 Å². The number of benzene rings is 1. The Balaban J connectivity index is 1.39. The zero-order valence-electron chi connectivity index (χ0n) is 18.9. The molecule has 0 aliphatic carbocycles. The molecule has 13 heteroatoms. The van der Waals surface area contributed by atoms with E-state index in [4.69, 9.17) is 18.7 Å². The van der Waals surface area contributed by atoms with Crippen LogP contribution in [0.1, 0.15) is 5.76 Å². The van der Waals surface area contributed by atoms with Gasteiger partial charge in [-0.2, -0.15) is 0 Å². The van der Waals surface area contributed by atoms with Gasteiger partial charge in [0.25, 0.3) is 11.8 Å². The Morgan fingerprint density at radius 3 is 2.67 bits per heavy atom. The summed E-state index contributed by atoms with van der Waals surface area (Å²) >= 11 is 1.23. The minimum Gasteiger partial charge on any atom is -0.482 e. The third-order valence-electron chi connectivity index (χ3n) is 5.20. The predicted molar refractivity (Wildman–Crippen MR) is 125 cm³/mol. The molecule has 1 aromatic carbocycles. The molecule has 1 aromatic heterocycles. The van der Waals surface area contributed by atoms with Gasteiger partial charge in [0.2, 0.25) is 5.71 Å². The number of thioether (sulfide) groups is 1. The average molecular weight is 516 g/mol. The number of amides is 2. The molecule has 0 saturated carbocycles. The molecule has 2 N–H and O–H groups in total. The number of para-hydroxylation sites is 1. The number of aliphatic carboxylic acids is 1. The smallest absolute Gasteiger partial charge is 0.352 e. The van der Waals surface area contributed by atoms with Crippen molar-refractivity contribution in [2.75, 3.05) is 26.1 Å².